The minimum atomic E-state index is 0.402. The third kappa shape index (κ3) is 1.59. The van der Waals surface area contributed by atoms with E-state index < -0.39 is 0 Å². The van der Waals surface area contributed by atoms with E-state index in [-0.39, 0.29) is 0 Å². The summed E-state index contributed by atoms with van der Waals surface area (Å²) in [6, 6.07) is 5.55. The van der Waals surface area contributed by atoms with Gasteiger partial charge in [0.05, 0.1) is 11.0 Å². The second-order valence-electron chi connectivity index (χ2n) is 2.72. The highest BCUT2D eigenvalue weighted by Gasteiger charge is 2.06. The van der Waals surface area contributed by atoms with Crippen LogP contribution in [0.4, 0.5) is 0 Å². The molecule has 0 unspecified atom stereocenters. The van der Waals surface area contributed by atoms with Crippen molar-refractivity contribution in [2.75, 3.05) is 0 Å². The second-order valence-corrected chi connectivity index (χ2v) is 4.01. The topological polar surface area (TPSA) is 39.2 Å². The van der Waals surface area contributed by atoms with Crippen LogP contribution in [0.3, 0.4) is 0 Å². The third-order valence-electron chi connectivity index (χ3n) is 1.79. The van der Waals surface area contributed by atoms with E-state index in [1.54, 1.807) is 6.07 Å². The molecule has 1 aromatic heterocycles. The van der Waals surface area contributed by atoms with E-state index in [0.717, 1.165) is 21.2 Å². The Morgan fingerprint density at radius 3 is 2.85 bits per heavy atom. The van der Waals surface area contributed by atoms with Crippen LogP contribution in [0.2, 0.25) is 5.02 Å². The Labute approximate surface area is 88.8 Å². The number of hydrogen-bond donors (Lipinski definition) is 1. The molecule has 1 aromatic carbocycles. The van der Waals surface area contributed by atoms with Crippen molar-refractivity contribution in [2.24, 2.45) is 5.73 Å². The SMILES string of the molecule is NCc1cc2cc(Cl)cc(Br)c2o1. The summed E-state index contributed by atoms with van der Waals surface area (Å²) in [4.78, 5) is 0. The maximum absolute atomic E-state index is 5.87. The average Bonchev–Trinajstić information content (AvgIpc) is 2.47. The summed E-state index contributed by atoms with van der Waals surface area (Å²) in [6.45, 7) is 0.402. The number of furan rings is 1. The first kappa shape index (κ1) is 9.06. The summed E-state index contributed by atoms with van der Waals surface area (Å²) in [5, 5.41) is 1.66. The van der Waals surface area contributed by atoms with Crippen LogP contribution in [0.25, 0.3) is 11.0 Å². The zero-order chi connectivity index (χ0) is 9.42. The Bertz CT molecular complexity index is 452. The van der Waals surface area contributed by atoms with Gasteiger partial charge in [-0.2, -0.15) is 0 Å². The fraction of sp³-hybridized carbons (Fsp3) is 0.111. The summed E-state index contributed by atoms with van der Waals surface area (Å²) in [6.07, 6.45) is 0. The summed E-state index contributed by atoms with van der Waals surface area (Å²) >= 11 is 9.24. The molecule has 0 saturated heterocycles. The lowest BCUT2D eigenvalue weighted by molar-refractivity contribution is 0.551. The van der Waals surface area contributed by atoms with Crippen molar-refractivity contribution in [3.8, 4) is 0 Å². The van der Waals surface area contributed by atoms with Crippen LogP contribution in [0.5, 0.6) is 0 Å². The molecule has 0 bridgehead atoms. The van der Waals surface area contributed by atoms with Gasteiger partial charge in [0.1, 0.15) is 11.3 Å². The summed E-state index contributed by atoms with van der Waals surface area (Å²) in [7, 11) is 0. The molecule has 0 saturated carbocycles. The number of fused-ring (bicyclic) bond motifs is 1. The molecule has 68 valence electrons. The van der Waals surface area contributed by atoms with Crippen LogP contribution in [0.15, 0.2) is 27.1 Å². The summed E-state index contributed by atoms with van der Waals surface area (Å²) in [5.41, 5.74) is 6.26. The van der Waals surface area contributed by atoms with Gasteiger partial charge in [0, 0.05) is 10.4 Å². The first-order valence-corrected chi connectivity index (χ1v) is 4.95. The summed E-state index contributed by atoms with van der Waals surface area (Å²) in [5.74, 6) is 0.762. The Morgan fingerprint density at radius 1 is 1.38 bits per heavy atom. The van der Waals surface area contributed by atoms with Gasteiger partial charge in [-0.1, -0.05) is 11.6 Å². The van der Waals surface area contributed by atoms with Crippen LogP contribution < -0.4 is 5.73 Å². The number of nitrogens with two attached hydrogens (primary N) is 1. The molecule has 0 amide bonds. The van der Waals surface area contributed by atoms with Crippen LogP contribution in [-0.4, -0.2) is 0 Å². The lowest BCUT2D eigenvalue weighted by Crippen LogP contribution is -1.92. The highest BCUT2D eigenvalue weighted by molar-refractivity contribution is 9.10. The third-order valence-corrected chi connectivity index (χ3v) is 2.60. The zero-order valence-corrected chi connectivity index (χ0v) is 9.02. The number of halogens is 2. The van der Waals surface area contributed by atoms with Crippen LogP contribution in [0.1, 0.15) is 5.76 Å². The molecule has 13 heavy (non-hydrogen) atoms. The lowest BCUT2D eigenvalue weighted by Gasteiger charge is -1.93. The van der Waals surface area contributed by atoms with Gasteiger partial charge in [-0.05, 0) is 34.1 Å². The van der Waals surface area contributed by atoms with Crippen LogP contribution in [0, 0.1) is 0 Å². The van der Waals surface area contributed by atoms with Crippen molar-refractivity contribution in [3.63, 3.8) is 0 Å². The highest BCUT2D eigenvalue weighted by atomic mass is 79.9. The molecule has 4 heteroatoms. The van der Waals surface area contributed by atoms with Gasteiger partial charge in [0.2, 0.25) is 0 Å². The minimum absolute atomic E-state index is 0.402. The molecule has 0 atom stereocenters. The molecule has 2 N–H and O–H groups in total. The first-order valence-electron chi connectivity index (χ1n) is 3.78. The van der Waals surface area contributed by atoms with E-state index in [9.17, 15) is 0 Å². The highest BCUT2D eigenvalue weighted by Crippen LogP contribution is 2.30. The fourth-order valence-corrected chi connectivity index (χ4v) is 2.14. The number of benzene rings is 1. The quantitative estimate of drug-likeness (QED) is 0.854. The predicted octanol–water partition coefficient (Wildman–Crippen LogP) is 3.31. The molecule has 0 aliphatic carbocycles. The molecule has 0 spiro atoms. The van der Waals surface area contributed by atoms with Gasteiger partial charge in [0.15, 0.2) is 0 Å². The fourth-order valence-electron chi connectivity index (χ4n) is 1.23. The lowest BCUT2D eigenvalue weighted by atomic mass is 10.2. The van der Waals surface area contributed by atoms with E-state index >= 15 is 0 Å². The van der Waals surface area contributed by atoms with E-state index in [1.165, 1.54) is 0 Å². The monoisotopic (exact) mass is 259 g/mol. The normalized spacial score (nSPS) is 11.0. The maximum Gasteiger partial charge on any atom is 0.148 e. The molecule has 0 aliphatic rings. The van der Waals surface area contributed by atoms with E-state index in [4.69, 9.17) is 21.8 Å². The maximum atomic E-state index is 5.87. The van der Waals surface area contributed by atoms with Crippen molar-refractivity contribution in [2.45, 2.75) is 6.54 Å². The second kappa shape index (κ2) is 3.33. The van der Waals surface area contributed by atoms with E-state index in [2.05, 4.69) is 15.9 Å². The van der Waals surface area contributed by atoms with Crippen molar-refractivity contribution in [1.29, 1.82) is 0 Å². The molecule has 0 radical (unpaired) electrons. The molecule has 1 heterocycles. The van der Waals surface area contributed by atoms with Gasteiger partial charge in [0.25, 0.3) is 0 Å². The molecule has 0 aliphatic heterocycles. The smallest absolute Gasteiger partial charge is 0.148 e. The van der Waals surface area contributed by atoms with Crippen molar-refractivity contribution >= 4 is 38.5 Å². The Kier molecular flexibility index (Phi) is 2.32. The van der Waals surface area contributed by atoms with Gasteiger partial charge < -0.3 is 10.2 Å². The zero-order valence-electron chi connectivity index (χ0n) is 6.68. The number of rotatable bonds is 1. The van der Waals surface area contributed by atoms with E-state index in [1.807, 2.05) is 12.1 Å². The van der Waals surface area contributed by atoms with Crippen LogP contribution in [-0.2, 0) is 6.54 Å². The molecule has 2 aromatic rings. The van der Waals surface area contributed by atoms with Crippen molar-refractivity contribution in [1.82, 2.24) is 0 Å². The van der Waals surface area contributed by atoms with Crippen LogP contribution >= 0.6 is 27.5 Å². The Balaban J connectivity index is 2.75. The largest absolute Gasteiger partial charge is 0.459 e. The Hall–Kier alpha value is -0.510. The molecule has 0 fully saturated rings. The standard InChI is InChI=1S/C9H7BrClNO/c10-8-3-6(11)1-5-2-7(4-12)13-9(5)8/h1-3H,4,12H2. The molecular weight excluding hydrogens is 253 g/mol. The van der Waals surface area contributed by atoms with Gasteiger partial charge >= 0.3 is 0 Å². The molecule has 2 rings (SSSR count). The molecule has 2 nitrogen and oxygen atoms in total. The summed E-state index contributed by atoms with van der Waals surface area (Å²) < 4.78 is 6.33. The predicted molar refractivity (Wildman–Crippen MR) is 56.8 cm³/mol. The Morgan fingerprint density at radius 2 is 2.15 bits per heavy atom. The van der Waals surface area contributed by atoms with Crippen molar-refractivity contribution < 1.29 is 4.42 Å². The van der Waals surface area contributed by atoms with Crippen molar-refractivity contribution in [3.05, 3.63) is 33.5 Å². The van der Waals surface area contributed by atoms with Gasteiger partial charge in [-0.3, -0.25) is 0 Å². The molecular formula is C9H7BrClNO. The number of hydrogen-bond acceptors (Lipinski definition) is 2. The average molecular weight is 261 g/mol. The minimum Gasteiger partial charge on any atom is -0.459 e. The van der Waals surface area contributed by atoms with E-state index in [0.29, 0.717) is 11.6 Å². The first-order chi connectivity index (χ1) is 6.20. The van der Waals surface area contributed by atoms with Gasteiger partial charge in [-0.15, -0.1) is 0 Å². The van der Waals surface area contributed by atoms with Gasteiger partial charge in [-0.25, -0.2) is 0 Å².